The molecule has 2 fully saturated rings. The molecule has 3 atom stereocenters. The lowest BCUT2D eigenvalue weighted by Crippen LogP contribution is -2.56. The summed E-state index contributed by atoms with van der Waals surface area (Å²) in [5.74, 6) is 0. The molecule has 3 unspecified atom stereocenters. The summed E-state index contributed by atoms with van der Waals surface area (Å²) in [6, 6.07) is 1.56. The van der Waals surface area contributed by atoms with Crippen LogP contribution in [-0.2, 0) is 0 Å². The maximum absolute atomic E-state index is 10.5. The molecule has 0 aromatic heterocycles. The predicted octanol–water partition coefficient (Wildman–Crippen LogP) is 2.14. The largest absolute Gasteiger partial charge is 0.389 e. The van der Waals surface area contributed by atoms with Gasteiger partial charge in [-0.3, -0.25) is 4.90 Å². The first-order valence-corrected chi connectivity index (χ1v) is 7.72. The third kappa shape index (κ3) is 3.25. The highest BCUT2D eigenvalue weighted by Gasteiger charge is 2.43. The Kier molecular flexibility index (Phi) is 4.68. The molecule has 2 N–H and O–H groups in total. The fourth-order valence-corrected chi connectivity index (χ4v) is 3.68. The van der Waals surface area contributed by atoms with Crippen LogP contribution in [0.1, 0.15) is 59.3 Å². The minimum Gasteiger partial charge on any atom is -0.389 e. The van der Waals surface area contributed by atoms with Gasteiger partial charge in [0.25, 0.3) is 0 Å². The van der Waals surface area contributed by atoms with Crippen LogP contribution < -0.4 is 5.32 Å². The van der Waals surface area contributed by atoms with Crippen LogP contribution in [0, 0.1) is 0 Å². The second-order valence-electron chi connectivity index (χ2n) is 6.72. The highest BCUT2D eigenvalue weighted by atomic mass is 16.3. The minimum atomic E-state index is -0.465. The van der Waals surface area contributed by atoms with Crippen molar-refractivity contribution < 1.29 is 5.11 Å². The van der Waals surface area contributed by atoms with E-state index in [1.165, 1.54) is 38.6 Å². The number of likely N-dealkylation sites (tertiary alicyclic amines) is 1. The lowest BCUT2D eigenvalue weighted by atomic mass is 9.93. The number of hydrogen-bond donors (Lipinski definition) is 2. The fourth-order valence-electron chi connectivity index (χ4n) is 3.68. The molecule has 18 heavy (non-hydrogen) atoms. The summed E-state index contributed by atoms with van der Waals surface area (Å²) < 4.78 is 0. The third-order valence-corrected chi connectivity index (χ3v) is 4.71. The molecule has 2 aliphatic rings. The summed E-state index contributed by atoms with van der Waals surface area (Å²) in [7, 11) is 0. The first-order chi connectivity index (χ1) is 8.50. The average Bonchev–Trinajstić information content (AvgIpc) is 2.66. The van der Waals surface area contributed by atoms with E-state index in [1.54, 1.807) is 0 Å². The lowest BCUT2D eigenvalue weighted by molar-refractivity contribution is -0.0388. The molecular formula is C15H30N2O. The smallest absolute Gasteiger partial charge is 0.0774 e. The Morgan fingerprint density at radius 1 is 1.28 bits per heavy atom. The van der Waals surface area contributed by atoms with Crippen LogP contribution in [0.4, 0.5) is 0 Å². The van der Waals surface area contributed by atoms with Crippen LogP contribution in [0.3, 0.4) is 0 Å². The van der Waals surface area contributed by atoms with Crippen molar-refractivity contribution in [1.82, 2.24) is 10.2 Å². The average molecular weight is 254 g/mol. The Bertz CT molecular complexity index is 265. The molecule has 106 valence electrons. The zero-order chi connectivity index (χ0) is 13.2. The van der Waals surface area contributed by atoms with Gasteiger partial charge in [0.2, 0.25) is 0 Å². The molecule has 3 nitrogen and oxygen atoms in total. The monoisotopic (exact) mass is 254 g/mol. The van der Waals surface area contributed by atoms with Gasteiger partial charge in [0.05, 0.1) is 5.60 Å². The molecular weight excluding hydrogens is 224 g/mol. The first kappa shape index (κ1) is 14.3. The van der Waals surface area contributed by atoms with Crippen LogP contribution in [-0.4, -0.2) is 46.8 Å². The highest BCUT2D eigenvalue weighted by Crippen LogP contribution is 2.36. The first-order valence-electron chi connectivity index (χ1n) is 7.72. The molecule has 1 saturated heterocycles. The van der Waals surface area contributed by atoms with Crippen molar-refractivity contribution in [3.05, 3.63) is 0 Å². The Hall–Kier alpha value is -0.120. The molecule has 3 heteroatoms. The summed E-state index contributed by atoms with van der Waals surface area (Å²) in [6.45, 7) is 8.69. The van der Waals surface area contributed by atoms with Crippen LogP contribution in [0.2, 0.25) is 0 Å². The van der Waals surface area contributed by atoms with E-state index in [-0.39, 0.29) is 0 Å². The Morgan fingerprint density at radius 2 is 2.06 bits per heavy atom. The van der Waals surface area contributed by atoms with E-state index in [0.29, 0.717) is 18.1 Å². The summed E-state index contributed by atoms with van der Waals surface area (Å²) in [6.07, 6.45) is 7.25. The summed E-state index contributed by atoms with van der Waals surface area (Å²) in [4.78, 5) is 2.60. The predicted molar refractivity (Wildman–Crippen MR) is 75.7 cm³/mol. The second kappa shape index (κ2) is 5.89. The highest BCUT2D eigenvalue weighted by molar-refractivity contribution is 4.98. The van der Waals surface area contributed by atoms with Gasteiger partial charge in [-0.1, -0.05) is 20.3 Å². The van der Waals surface area contributed by atoms with Gasteiger partial charge >= 0.3 is 0 Å². The van der Waals surface area contributed by atoms with Crippen LogP contribution in [0.5, 0.6) is 0 Å². The van der Waals surface area contributed by atoms with Gasteiger partial charge < -0.3 is 10.4 Å². The van der Waals surface area contributed by atoms with Crippen molar-refractivity contribution in [3.63, 3.8) is 0 Å². The number of nitrogens with zero attached hydrogens (tertiary/aromatic N) is 1. The molecule has 1 heterocycles. The third-order valence-electron chi connectivity index (χ3n) is 4.71. The van der Waals surface area contributed by atoms with E-state index in [1.807, 2.05) is 6.92 Å². The molecule has 0 radical (unpaired) electrons. The zero-order valence-corrected chi connectivity index (χ0v) is 12.3. The molecule has 0 aromatic carbocycles. The summed E-state index contributed by atoms with van der Waals surface area (Å²) in [5.41, 5.74) is -0.465. The number of aliphatic hydroxyl groups is 1. The second-order valence-corrected chi connectivity index (χ2v) is 6.72. The minimum absolute atomic E-state index is 0.386. The van der Waals surface area contributed by atoms with Crippen molar-refractivity contribution in [2.75, 3.05) is 13.1 Å². The van der Waals surface area contributed by atoms with Crippen LogP contribution in [0.15, 0.2) is 0 Å². The fraction of sp³-hybridized carbons (Fsp3) is 1.00. The molecule has 2 rings (SSSR count). The van der Waals surface area contributed by atoms with Crippen molar-refractivity contribution in [2.45, 2.75) is 83.0 Å². The van der Waals surface area contributed by atoms with E-state index < -0.39 is 5.60 Å². The van der Waals surface area contributed by atoms with Gasteiger partial charge in [0, 0.05) is 24.7 Å². The Balaban J connectivity index is 1.98. The van der Waals surface area contributed by atoms with Gasteiger partial charge in [-0.2, -0.15) is 0 Å². The maximum atomic E-state index is 10.5. The van der Waals surface area contributed by atoms with Gasteiger partial charge in [-0.05, 0) is 45.6 Å². The molecule has 1 saturated carbocycles. The van der Waals surface area contributed by atoms with Gasteiger partial charge in [-0.25, -0.2) is 0 Å². The van der Waals surface area contributed by atoms with Crippen molar-refractivity contribution >= 4 is 0 Å². The number of hydrogen-bond acceptors (Lipinski definition) is 3. The number of rotatable bonds is 4. The van der Waals surface area contributed by atoms with Gasteiger partial charge in [0.15, 0.2) is 0 Å². The SMILES string of the molecule is CC(C)NCC1CCCCN1C1CCCC1(C)O. The molecule has 0 spiro atoms. The molecule has 1 aliphatic heterocycles. The number of nitrogens with one attached hydrogen (secondary N) is 1. The van der Waals surface area contributed by atoms with Crippen molar-refractivity contribution in [1.29, 1.82) is 0 Å². The van der Waals surface area contributed by atoms with E-state index in [0.717, 1.165) is 13.0 Å². The van der Waals surface area contributed by atoms with Crippen molar-refractivity contribution in [2.24, 2.45) is 0 Å². The molecule has 0 aromatic rings. The standard InChI is InChI=1S/C15H30N2O/c1-12(2)16-11-13-7-4-5-10-17(13)14-8-6-9-15(14,3)18/h12-14,16,18H,4-11H2,1-3H3. The van der Waals surface area contributed by atoms with E-state index in [4.69, 9.17) is 0 Å². The quantitative estimate of drug-likeness (QED) is 0.807. The van der Waals surface area contributed by atoms with E-state index >= 15 is 0 Å². The van der Waals surface area contributed by atoms with Crippen molar-refractivity contribution in [3.8, 4) is 0 Å². The Labute approximate surface area is 112 Å². The van der Waals surface area contributed by atoms with Gasteiger partial charge in [-0.15, -0.1) is 0 Å². The van der Waals surface area contributed by atoms with Crippen LogP contribution in [0.25, 0.3) is 0 Å². The summed E-state index contributed by atoms with van der Waals surface area (Å²) >= 11 is 0. The Morgan fingerprint density at radius 3 is 2.67 bits per heavy atom. The molecule has 0 amide bonds. The normalized spacial score (nSPS) is 38.5. The van der Waals surface area contributed by atoms with E-state index in [2.05, 4.69) is 24.1 Å². The topological polar surface area (TPSA) is 35.5 Å². The molecule has 1 aliphatic carbocycles. The zero-order valence-electron chi connectivity index (χ0n) is 12.3. The lowest BCUT2D eigenvalue weighted by Gasteiger charge is -2.44. The maximum Gasteiger partial charge on any atom is 0.0774 e. The van der Waals surface area contributed by atoms with E-state index in [9.17, 15) is 5.11 Å². The van der Waals surface area contributed by atoms with Crippen LogP contribution >= 0.6 is 0 Å². The number of piperidine rings is 1. The summed E-state index contributed by atoms with van der Waals surface area (Å²) in [5, 5.41) is 14.1. The molecule has 0 bridgehead atoms. The van der Waals surface area contributed by atoms with Gasteiger partial charge in [0.1, 0.15) is 0 Å².